The number of sulfone groups is 1. The number of nitrogens with one attached hydrogen (secondary N) is 1. The zero-order valence-corrected chi connectivity index (χ0v) is 25.8. The molecule has 10 nitrogen and oxygen atoms in total. The number of anilines is 2. The summed E-state index contributed by atoms with van der Waals surface area (Å²) >= 11 is 0. The van der Waals surface area contributed by atoms with Gasteiger partial charge in [0, 0.05) is 45.6 Å². The second kappa shape index (κ2) is 12.7. The number of nitrogens with two attached hydrogens (primary N) is 2. The number of para-hydroxylation sites is 1. The average molecular weight is 646 g/mol. The summed E-state index contributed by atoms with van der Waals surface area (Å²) in [4.78, 5) is 0.189. The lowest BCUT2D eigenvalue weighted by Crippen LogP contribution is -2.27. The first-order valence-electron chi connectivity index (χ1n) is 14.6. The molecular formula is C36H31N5O5S. The van der Waals surface area contributed by atoms with Crippen molar-refractivity contribution in [2.24, 2.45) is 21.8 Å². The van der Waals surface area contributed by atoms with E-state index in [0.29, 0.717) is 28.1 Å². The second-order valence-electron chi connectivity index (χ2n) is 10.8. The molecule has 1 heterocycles. The van der Waals surface area contributed by atoms with Crippen LogP contribution in [0.3, 0.4) is 0 Å². The van der Waals surface area contributed by atoms with Crippen LogP contribution in [0.1, 0.15) is 34.2 Å². The van der Waals surface area contributed by atoms with Crippen LogP contribution in [0.25, 0.3) is 5.76 Å². The summed E-state index contributed by atoms with van der Waals surface area (Å²) in [5.74, 6) is 0.0719. The largest absolute Gasteiger partial charge is 0.476 e. The van der Waals surface area contributed by atoms with Crippen molar-refractivity contribution in [1.29, 1.82) is 0 Å². The Hall–Kier alpha value is -6.07. The van der Waals surface area contributed by atoms with Crippen LogP contribution < -0.4 is 16.8 Å². The molecule has 0 saturated heterocycles. The van der Waals surface area contributed by atoms with E-state index in [1.165, 1.54) is 12.1 Å². The molecule has 0 aromatic heterocycles. The number of nitrogens with zero attached hydrogens (tertiary/aromatic N) is 2. The lowest BCUT2D eigenvalue weighted by Gasteiger charge is -2.31. The van der Waals surface area contributed by atoms with Crippen LogP contribution in [0, 0.1) is 0 Å². The van der Waals surface area contributed by atoms with E-state index in [1.807, 2.05) is 60.7 Å². The van der Waals surface area contributed by atoms with Gasteiger partial charge in [0.15, 0.2) is 17.3 Å². The average Bonchev–Trinajstić information content (AvgIpc) is 3.55. The zero-order valence-electron chi connectivity index (χ0n) is 25.0. The van der Waals surface area contributed by atoms with E-state index in [4.69, 9.17) is 21.4 Å². The minimum Gasteiger partial charge on any atom is -0.476 e. The summed E-state index contributed by atoms with van der Waals surface area (Å²) in [7, 11) is -4.10. The van der Waals surface area contributed by atoms with Crippen molar-refractivity contribution in [3.05, 3.63) is 166 Å². The molecule has 7 N–H and O–H groups in total. The molecule has 0 saturated carbocycles. The molecule has 0 spiro atoms. The number of oxime groups is 2. The van der Waals surface area contributed by atoms with Crippen molar-refractivity contribution < 1.29 is 23.6 Å². The third kappa shape index (κ3) is 5.87. The smallest absolute Gasteiger partial charge is 0.206 e. The molecule has 0 atom stereocenters. The fourth-order valence-electron chi connectivity index (χ4n) is 5.65. The summed E-state index contributed by atoms with van der Waals surface area (Å²) in [6, 6.07) is 39.1. The van der Waals surface area contributed by atoms with Crippen LogP contribution in [0.2, 0.25) is 0 Å². The van der Waals surface area contributed by atoms with E-state index in [0.717, 1.165) is 11.1 Å². The summed E-state index contributed by atoms with van der Waals surface area (Å²) in [5.41, 5.74) is 14.7. The lowest BCUT2D eigenvalue weighted by atomic mass is 9.84. The number of benzene rings is 5. The highest BCUT2D eigenvalue weighted by Crippen LogP contribution is 2.52. The summed E-state index contributed by atoms with van der Waals surface area (Å²) < 4.78 is 35.9. The van der Waals surface area contributed by atoms with Crippen LogP contribution in [0.5, 0.6) is 0 Å². The summed E-state index contributed by atoms with van der Waals surface area (Å²) in [5, 5.41) is 27.7. The Kier molecular flexibility index (Phi) is 8.38. The maximum absolute atomic E-state index is 14.6. The number of rotatable bonds is 9. The fourth-order valence-corrected chi connectivity index (χ4v) is 7.22. The molecular weight excluding hydrogens is 614 g/mol. The topological polar surface area (TPSA) is 173 Å². The molecule has 0 fully saturated rings. The van der Waals surface area contributed by atoms with E-state index >= 15 is 0 Å². The lowest BCUT2D eigenvalue weighted by molar-refractivity contribution is 0.101. The second-order valence-corrected chi connectivity index (χ2v) is 12.8. The predicted molar refractivity (Wildman–Crippen MR) is 181 cm³/mol. The first-order chi connectivity index (χ1) is 22.8. The van der Waals surface area contributed by atoms with Crippen molar-refractivity contribution >= 4 is 38.6 Å². The minimum atomic E-state index is -4.10. The molecule has 11 heteroatoms. The van der Waals surface area contributed by atoms with Gasteiger partial charge in [0.2, 0.25) is 9.84 Å². The molecule has 0 radical (unpaired) electrons. The molecule has 0 bridgehead atoms. The Morgan fingerprint density at radius 1 is 0.702 bits per heavy atom. The van der Waals surface area contributed by atoms with Gasteiger partial charge in [0.25, 0.3) is 0 Å². The zero-order chi connectivity index (χ0) is 33.0. The van der Waals surface area contributed by atoms with Gasteiger partial charge in [0.05, 0.1) is 9.80 Å². The Morgan fingerprint density at radius 3 is 1.83 bits per heavy atom. The Balaban J connectivity index is 1.44. The van der Waals surface area contributed by atoms with Gasteiger partial charge in [-0.2, -0.15) is 0 Å². The van der Waals surface area contributed by atoms with Crippen molar-refractivity contribution in [3.63, 3.8) is 0 Å². The molecule has 47 heavy (non-hydrogen) atoms. The van der Waals surface area contributed by atoms with E-state index in [9.17, 15) is 13.6 Å². The molecule has 1 aliphatic rings. The Labute approximate surface area is 271 Å². The number of amidine groups is 2. The highest BCUT2D eigenvalue weighted by molar-refractivity contribution is 7.95. The highest BCUT2D eigenvalue weighted by atomic mass is 32.2. The van der Waals surface area contributed by atoms with Crippen molar-refractivity contribution in [2.45, 2.75) is 16.9 Å². The Morgan fingerprint density at radius 2 is 1.26 bits per heavy atom. The van der Waals surface area contributed by atoms with Crippen LogP contribution in [-0.2, 0) is 20.2 Å². The van der Waals surface area contributed by atoms with Gasteiger partial charge in [-0.1, -0.05) is 107 Å². The molecule has 1 aliphatic heterocycles. The van der Waals surface area contributed by atoms with Crippen molar-refractivity contribution in [1.82, 2.24) is 0 Å². The van der Waals surface area contributed by atoms with Crippen LogP contribution in [0.15, 0.2) is 154 Å². The van der Waals surface area contributed by atoms with Crippen LogP contribution in [-0.4, -0.2) is 30.5 Å². The molecule has 236 valence electrons. The van der Waals surface area contributed by atoms with Gasteiger partial charge in [-0.05, 0) is 36.4 Å². The highest BCUT2D eigenvalue weighted by Gasteiger charge is 2.48. The van der Waals surface area contributed by atoms with Crippen molar-refractivity contribution in [3.8, 4) is 0 Å². The van der Waals surface area contributed by atoms with Gasteiger partial charge < -0.3 is 31.9 Å². The molecule has 0 aliphatic carbocycles. The fraction of sp³-hybridized carbons (Fsp3) is 0.0556. The van der Waals surface area contributed by atoms with Crippen LogP contribution in [0.4, 0.5) is 11.4 Å². The van der Waals surface area contributed by atoms with Gasteiger partial charge in [-0.25, -0.2) is 8.42 Å². The molecule has 0 unspecified atom stereocenters. The quantitative estimate of drug-likeness (QED) is 0.0551. The van der Waals surface area contributed by atoms with E-state index in [1.54, 1.807) is 60.7 Å². The van der Waals surface area contributed by atoms with Gasteiger partial charge >= 0.3 is 0 Å². The van der Waals surface area contributed by atoms with Crippen molar-refractivity contribution in [2.75, 3.05) is 5.32 Å². The van der Waals surface area contributed by atoms with E-state index < -0.39 is 15.4 Å². The maximum Gasteiger partial charge on any atom is 0.206 e. The third-order valence-corrected chi connectivity index (χ3v) is 9.92. The predicted octanol–water partition coefficient (Wildman–Crippen LogP) is 6.13. The molecule has 5 aromatic rings. The number of hydrogen-bond donors (Lipinski definition) is 5. The molecule has 6 rings (SSSR count). The summed E-state index contributed by atoms with van der Waals surface area (Å²) in [6.07, 6.45) is 0.0355. The summed E-state index contributed by atoms with van der Waals surface area (Å²) in [6.45, 7) is 0. The number of hydrogen-bond acceptors (Lipinski definition) is 8. The van der Waals surface area contributed by atoms with Crippen LogP contribution >= 0.6 is 0 Å². The van der Waals surface area contributed by atoms with E-state index in [-0.39, 0.29) is 33.7 Å². The minimum absolute atomic E-state index is 0.0355. The van der Waals surface area contributed by atoms with Gasteiger partial charge in [0.1, 0.15) is 5.76 Å². The Bertz CT molecular complexity index is 2060. The number of ether oxygens (including phenoxy) is 1. The first kappa shape index (κ1) is 30.9. The molecule has 0 amide bonds. The molecule has 5 aromatic carbocycles. The first-order valence-corrected chi connectivity index (χ1v) is 16.1. The SMILES string of the molecule is N/C(=N\O)c1ccc(C2=C(S(=O)(=O)c3ccc(Nc4ccccc4/C(N)=N/O)cc3)CC(c3ccccc3)(c3ccccc3)O2)cc1. The normalized spacial score (nSPS) is 14.9. The van der Waals surface area contributed by atoms with E-state index in [2.05, 4.69) is 15.6 Å². The van der Waals surface area contributed by atoms with Gasteiger partial charge in [-0.3, -0.25) is 0 Å². The maximum atomic E-state index is 14.6. The monoisotopic (exact) mass is 645 g/mol. The third-order valence-electron chi connectivity index (χ3n) is 8.05. The standard InChI is InChI=1S/C36H31N5O5S/c37-34(40-42)25-17-15-24(16-18-25)33-32(23-36(46-33,26-9-3-1-4-10-26)27-11-5-2-6-12-27)47(44,45)29-21-19-28(20-22-29)39-31-14-8-7-13-30(31)35(38)41-43/h1-22,39,42-43H,23H2,(H2,37,40)(H2,38,41). The van der Waals surface area contributed by atoms with Gasteiger partial charge in [-0.15, -0.1) is 0 Å².